The van der Waals surface area contributed by atoms with Crippen LogP contribution >= 0.6 is 0 Å². The minimum Gasteiger partial charge on any atom is -0.342 e. The van der Waals surface area contributed by atoms with Crippen molar-refractivity contribution in [2.75, 3.05) is 31.1 Å². The van der Waals surface area contributed by atoms with Crippen molar-refractivity contribution in [3.63, 3.8) is 0 Å². The number of aromatic nitrogens is 6. The second kappa shape index (κ2) is 6.78. The van der Waals surface area contributed by atoms with Crippen LogP contribution in [-0.4, -0.2) is 66.7 Å². The lowest BCUT2D eigenvalue weighted by atomic mass is 9.97. The van der Waals surface area contributed by atoms with Crippen molar-refractivity contribution in [1.29, 1.82) is 0 Å². The summed E-state index contributed by atoms with van der Waals surface area (Å²) in [6, 6.07) is 1.94. The van der Waals surface area contributed by atoms with Gasteiger partial charge in [0.15, 0.2) is 5.65 Å². The third-order valence-electron chi connectivity index (χ3n) is 6.80. The summed E-state index contributed by atoms with van der Waals surface area (Å²) in [7, 11) is 0. The van der Waals surface area contributed by atoms with Crippen LogP contribution in [0.2, 0.25) is 0 Å². The van der Waals surface area contributed by atoms with Gasteiger partial charge in [0.1, 0.15) is 16.9 Å². The zero-order valence-corrected chi connectivity index (χ0v) is 17.0. The summed E-state index contributed by atoms with van der Waals surface area (Å²) in [5.74, 6) is 1.92. The number of H-pyrrole nitrogens is 1. The Hall–Kier alpha value is -2.97. The number of rotatable bonds is 4. The maximum atomic E-state index is 12.9. The van der Waals surface area contributed by atoms with Crippen LogP contribution in [0.4, 0.5) is 5.95 Å². The highest BCUT2D eigenvalue weighted by atomic mass is 16.2. The molecule has 30 heavy (non-hydrogen) atoms. The van der Waals surface area contributed by atoms with Gasteiger partial charge in [-0.2, -0.15) is 10.1 Å². The van der Waals surface area contributed by atoms with Crippen molar-refractivity contribution in [3.05, 3.63) is 30.5 Å². The van der Waals surface area contributed by atoms with Gasteiger partial charge in [0.25, 0.3) is 0 Å². The molecule has 3 aliphatic rings. The molecule has 3 aromatic heterocycles. The van der Waals surface area contributed by atoms with Crippen LogP contribution in [0.15, 0.2) is 24.7 Å². The fourth-order valence-electron chi connectivity index (χ4n) is 4.94. The summed E-state index contributed by atoms with van der Waals surface area (Å²) >= 11 is 0. The number of carbonyl (C=O) groups is 1. The molecule has 3 fully saturated rings. The second-order valence-corrected chi connectivity index (χ2v) is 8.79. The molecule has 1 saturated carbocycles. The van der Waals surface area contributed by atoms with Crippen LogP contribution in [0.1, 0.15) is 44.3 Å². The molecule has 5 heterocycles. The number of imidazole rings is 1. The highest BCUT2D eigenvalue weighted by Gasteiger charge is 2.50. The van der Waals surface area contributed by atoms with Crippen molar-refractivity contribution in [2.45, 2.75) is 44.1 Å². The Morgan fingerprint density at radius 2 is 2.00 bits per heavy atom. The SMILES string of the molecule is O=C(C1CCCN(c2ncc3nc(C4(n5cccn5)CC4)[nH]c3n2)C1)N1CCCC1. The standard InChI is InChI=1S/C21H26N8O/c30-18(27-9-1-2-10-27)15-5-3-11-28(14-15)20-22-13-16-17(26-20)25-19(24-16)21(6-7-21)29-12-4-8-23-29/h4,8,12-13,15H,1-3,5-7,9-11,14H2,(H,22,24,25,26). The molecule has 9 heteroatoms. The van der Waals surface area contributed by atoms with Gasteiger partial charge in [-0.25, -0.2) is 9.97 Å². The topological polar surface area (TPSA) is 95.8 Å². The molecule has 6 rings (SSSR count). The molecule has 1 amide bonds. The summed E-state index contributed by atoms with van der Waals surface area (Å²) < 4.78 is 1.98. The number of aromatic amines is 1. The predicted molar refractivity (Wildman–Crippen MR) is 111 cm³/mol. The molecule has 0 spiro atoms. The van der Waals surface area contributed by atoms with Gasteiger partial charge in [-0.15, -0.1) is 0 Å². The third kappa shape index (κ3) is 2.86. The van der Waals surface area contributed by atoms with E-state index in [9.17, 15) is 4.79 Å². The molecule has 156 valence electrons. The molecular formula is C21H26N8O. The van der Waals surface area contributed by atoms with E-state index in [2.05, 4.69) is 20.0 Å². The monoisotopic (exact) mass is 406 g/mol. The van der Waals surface area contributed by atoms with Crippen LogP contribution in [0.5, 0.6) is 0 Å². The molecule has 3 aromatic rings. The lowest BCUT2D eigenvalue weighted by Crippen LogP contribution is -2.44. The smallest absolute Gasteiger partial charge is 0.227 e. The molecular weight excluding hydrogens is 380 g/mol. The number of hydrogen-bond acceptors (Lipinski definition) is 6. The number of nitrogens with zero attached hydrogens (tertiary/aromatic N) is 7. The molecule has 1 atom stereocenters. The van der Waals surface area contributed by atoms with Crippen molar-refractivity contribution in [2.24, 2.45) is 5.92 Å². The van der Waals surface area contributed by atoms with Gasteiger partial charge in [-0.3, -0.25) is 9.48 Å². The maximum Gasteiger partial charge on any atom is 0.227 e. The zero-order valence-electron chi connectivity index (χ0n) is 17.0. The van der Waals surface area contributed by atoms with Crippen LogP contribution in [0.25, 0.3) is 11.2 Å². The van der Waals surface area contributed by atoms with E-state index in [1.807, 2.05) is 21.8 Å². The highest BCUT2D eigenvalue weighted by molar-refractivity contribution is 5.80. The third-order valence-corrected chi connectivity index (χ3v) is 6.80. The van der Waals surface area contributed by atoms with Gasteiger partial charge in [0, 0.05) is 38.6 Å². The van der Waals surface area contributed by atoms with Crippen molar-refractivity contribution >= 4 is 23.0 Å². The van der Waals surface area contributed by atoms with Gasteiger partial charge in [-0.05, 0) is 44.6 Å². The fraction of sp³-hybridized carbons (Fsp3) is 0.571. The van der Waals surface area contributed by atoms with E-state index in [1.54, 1.807) is 12.4 Å². The lowest BCUT2D eigenvalue weighted by molar-refractivity contribution is -0.134. The van der Waals surface area contributed by atoms with Gasteiger partial charge in [0.2, 0.25) is 11.9 Å². The Bertz CT molecular complexity index is 1060. The first-order valence-electron chi connectivity index (χ1n) is 11.0. The molecule has 1 unspecified atom stereocenters. The van der Waals surface area contributed by atoms with E-state index in [-0.39, 0.29) is 11.5 Å². The lowest BCUT2D eigenvalue weighted by Gasteiger charge is -2.33. The summed E-state index contributed by atoms with van der Waals surface area (Å²) in [6.45, 7) is 3.39. The van der Waals surface area contributed by atoms with Crippen molar-refractivity contribution in [1.82, 2.24) is 34.6 Å². The summed E-state index contributed by atoms with van der Waals surface area (Å²) in [6.07, 6.45) is 11.8. The number of fused-ring (bicyclic) bond motifs is 1. The number of amides is 1. The van der Waals surface area contributed by atoms with Gasteiger partial charge < -0.3 is 14.8 Å². The van der Waals surface area contributed by atoms with E-state index in [0.717, 1.165) is 75.1 Å². The van der Waals surface area contributed by atoms with E-state index in [1.165, 1.54) is 0 Å². The molecule has 2 aliphatic heterocycles. The number of hydrogen-bond donors (Lipinski definition) is 1. The quantitative estimate of drug-likeness (QED) is 0.711. The molecule has 2 saturated heterocycles. The zero-order chi connectivity index (χ0) is 20.1. The Morgan fingerprint density at radius 1 is 1.13 bits per heavy atom. The van der Waals surface area contributed by atoms with E-state index in [0.29, 0.717) is 18.4 Å². The van der Waals surface area contributed by atoms with Gasteiger partial charge >= 0.3 is 0 Å². The van der Waals surface area contributed by atoms with E-state index >= 15 is 0 Å². The van der Waals surface area contributed by atoms with Crippen LogP contribution in [0.3, 0.4) is 0 Å². The van der Waals surface area contributed by atoms with Crippen LogP contribution in [0, 0.1) is 5.92 Å². The summed E-state index contributed by atoms with van der Waals surface area (Å²) in [5.41, 5.74) is 1.35. The Morgan fingerprint density at radius 3 is 2.77 bits per heavy atom. The minimum atomic E-state index is -0.178. The predicted octanol–water partition coefficient (Wildman–Crippen LogP) is 1.93. The normalized spacial score (nSPS) is 23.3. The van der Waals surface area contributed by atoms with E-state index < -0.39 is 0 Å². The van der Waals surface area contributed by atoms with Gasteiger partial charge in [-0.1, -0.05) is 0 Å². The average Bonchev–Trinajstić information content (AvgIpc) is 3.24. The Kier molecular flexibility index (Phi) is 4.04. The van der Waals surface area contributed by atoms with Crippen LogP contribution < -0.4 is 4.90 Å². The first-order chi connectivity index (χ1) is 14.7. The number of nitrogens with one attached hydrogen (secondary N) is 1. The van der Waals surface area contributed by atoms with Crippen LogP contribution in [-0.2, 0) is 10.3 Å². The molecule has 0 bridgehead atoms. The molecule has 1 aliphatic carbocycles. The largest absolute Gasteiger partial charge is 0.342 e. The molecule has 1 N–H and O–H groups in total. The fourth-order valence-corrected chi connectivity index (χ4v) is 4.94. The number of carbonyl (C=O) groups excluding carboxylic acids is 1. The molecule has 9 nitrogen and oxygen atoms in total. The molecule has 0 radical (unpaired) electrons. The second-order valence-electron chi connectivity index (χ2n) is 8.79. The first-order valence-corrected chi connectivity index (χ1v) is 11.0. The first kappa shape index (κ1) is 17.9. The summed E-state index contributed by atoms with van der Waals surface area (Å²) in [4.78, 5) is 34.6. The van der Waals surface area contributed by atoms with E-state index in [4.69, 9.17) is 9.97 Å². The van der Waals surface area contributed by atoms with Gasteiger partial charge in [0.05, 0.1) is 12.1 Å². The Labute approximate surface area is 174 Å². The highest BCUT2D eigenvalue weighted by Crippen LogP contribution is 2.47. The molecule has 0 aromatic carbocycles. The number of piperidine rings is 1. The minimum absolute atomic E-state index is 0.0445. The Balaban J connectivity index is 1.24. The summed E-state index contributed by atoms with van der Waals surface area (Å²) in [5, 5.41) is 4.42. The van der Waals surface area contributed by atoms with Crippen molar-refractivity contribution in [3.8, 4) is 0 Å². The number of likely N-dealkylation sites (tertiary alicyclic amines) is 1. The average molecular weight is 406 g/mol. The van der Waals surface area contributed by atoms with Crippen molar-refractivity contribution < 1.29 is 4.79 Å². The number of anilines is 1. The maximum absolute atomic E-state index is 12.9.